The first-order chi connectivity index (χ1) is 10.1. The summed E-state index contributed by atoms with van der Waals surface area (Å²) in [7, 11) is 1.64. The van der Waals surface area contributed by atoms with Crippen LogP contribution in [0.4, 0.5) is 0 Å². The zero-order valence-electron chi connectivity index (χ0n) is 12.6. The molecule has 0 bridgehead atoms. The van der Waals surface area contributed by atoms with E-state index in [4.69, 9.17) is 9.47 Å². The van der Waals surface area contributed by atoms with Crippen LogP contribution in [-0.4, -0.2) is 25.1 Å². The maximum absolute atomic E-state index is 12.4. The lowest BCUT2D eigenvalue weighted by molar-refractivity contribution is -0.132. The van der Waals surface area contributed by atoms with Gasteiger partial charge in [0.15, 0.2) is 5.78 Å². The van der Waals surface area contributed by atoms with Gasteiger partial charge < -0.3 is 9.47 Å². The fourth-order valence-corrected chi connectivity index (χ4v) is 2.70. The van der Waals surface area contributed by atoms with Crippen LogP contribution in [0.3, 0.4) is 0 Å². The molecule has 1 unspecified atom stereocenters. The van der Waals surface area contributed by atoms with Crippen molar-refractivity contribution in [1.29, 1.82) is 5.26 Å². The Morgan fingerprint density at radius 1 is 1.38 bits per heavy atom. The average Bonchev–Trinajstić information content (AvgIpc) is 2.46. The van der Waals surface area contributed by atoms with Crippen molar-refractivity contribution in [2.75, 3.05) is 13.7 Å². The van der Waals surface area contributed by atoms with Gasteiger partial charge in [-0.2, -0.15) is 5.26 Å². The summed E-state index contributed by atoms with van der Waals surface area (Å²) in [6, 6.07) is 9.29. The fraction of sp³-hybridized carbons (Fsp3) is 0.529. The van der Waals surface area contributed by atoms with Crippen LogP contribution in [0.15, 0.2) is 24.3 Å². The van der Waals surface area contributed by atoms with E-state index in [1.807, 2.05) is 6.92 Å². The number of carbonyl (C=O) groups is 1. The largest absolute Gasteiger partial charge is 0.494 e. The number of hydrogen-bond donors (Lipinski definition) is 0. The summed E-state index contributed by atoms with van der Waals surface area (Å²) in [5.41, 5.74) is 0.383. The van der Waals surface area contributed by atoms with Crippen molar-refractivity contribution >= 4 is 5.78 Å². The van der Waals surface area contributed by atoms with Crippen molar-refractivity contribution < 1.29 is 14.3 Å². The van der Waals surface area contributed by atoms with Gasteiger partial charge in [-0.1, -0.05) is 12.1 Å². The van der Waals surface area contributed by atoms with E-state index in [2.05, 4.69) is 6.07 Å². The van der Waals surface area contributed by atoms with E-state index in [1.54, 1.807) is 31.4 Å². The molecule has 1 fully saturated rings. The van der Waals surface area contributed by atoms with Gasteiger partial charge in [-0.15, -0.1) is 0 Å². The number of benzene rings is 1. The van der Waals surface area contributed by atoms with Gasteiger partial charge in [0.25, 0.3) is 0 Å². The molecule has 0 spiro atoms. The normalized spacial score (nSPS) is 17.4. The van der Waals surface area contributed by atoms with Crippen LogP contribution in [-0.2, 0) is 9.53 Å². The molecule has 1 atom stereocenters. The highest BCUT2D eigenvalue weighted by Crippen LogP contribution is 2.39. The molecular formula is C17H21NO3. The smallest absolute Gasteiger partial charge is 0.157 e. The summed E-state index contributed by atoms with van der Waals surface area (Å²) in [6.45, 7) is 2.51. The molecule has 0 aliphatic heterocycles. The molecule has 4 heteroatoms. The second-order valence-corrected chi connectivity index (χ2v) is 5.45. The molecule has 0 N–H and O–H groups in total. The van der Waals surface area contributed by atoms with Crippen molar-refractivity contribution in [3.63, 3.8) is 0 Å². The van der Waals surface area contributed by atoms with Gasteiger partial charge in [-0.25, -0.2) is 0 Å². The van der Waals surface area contributed by atoms with E-state index >= 15 is 0 Å². The predicted octanol–water partition coefficient (Wildman–Crippen LogP) is 3.22. The van der Waals surface area contributed by atoms with Crippen LogP contribution >= 0.6 is 0 Å². The first-order valence-electron chi connectivity index (χ1n) is 7.34. The molecule has 1 saturated carbocycles. The number of Topliss-reactive ketones (excluding diaryl/α,β-unsaturated/α-hetero) is 1. The van der Waals surface area contributed by atoms with E-state index in [0.29, 0.717) is 13.0 Å². The van der Waals surface area contributed by atoms with Crippen molar-refractivity contribution in [3.8, 4) is 11.8 Å². The van der Waals surface area contributed by atoms with E-state index in [1.165, 1.54) is 0 Å². The van der Waals surface area contributed by atoms with Gasteiger partial charge >= 0.3 is 0 Å². The maximum atomic E-state index is 12.4. The molecule has 0 aromatic heterocycles. The number of nitriles is 1. The Bertz CT molecular complexity index is 520. The lowest BCUT2D eigenvalue weighted by Gasteiger charge is -2.40. The highest BCUT2D eigenvalue weighted by molar-refractivity contribution is 5.89. The maximum Gasteiger partial charge on any atom is 0.157 e. The molecule has 1 aliphatic carbocycles. The van der Waals surface area contributed by atoms with E-state index in [-0.39, 0.29) is 11.4 Å². The summed E-state index contributed by atoms with van der Waals surface area (Å²) in [4.78, 5) is 12.4. The van der Waals surface area contributed by atoms with Crippen LogP contribution in [0.1, 0.15) is 44.1 Å². The molecule has 112 valence electrons. The van der Waals surface area contributed by atoms with E-state index in [9.17, 15) is 10.1 Å². The second-order valence-electron chi connectivity index (χ2n) is 5.45. The molecular weight excluding hydrogens is 266 g/mol. The quantitative estimate of drug-likeness (QED) is 0.772. The monoisotopic (exact) mass is 287 g/mol. The topological polar surface area (TPSA) is 59.3 Å². The minimum Gasteiger partial charge on any atom is -0.494 e. The minimum absolute atomic E-state index is 0.0665. The minimum atomic E-state index is -0.728. The fourth-order valence-electron chi connectivity index (χ4n) is 2.70. The molecule has 0 heterocycles. The van der Waals surface area contributed by atoms with Crippen molar-refractivity contribution in [3.05, 3.63) is 29.8 Å². The SMILES string of the molecule is CCOc1ccc(C(C#N)C(=O)CC2(OC)CCC2)cc1. The first kappa shape index (κ1) is 15.5. The van der Waals surface area contributed by atoms with Crippen LogP contribution in [0.25, 0.3) is 0 Å². The van der Waals surface area contributed by atoms with E-state index in [0.717, 1.165) is 30.6 Å². The molecule has 0 saturated heterocycles. The Morgan fingerprint density at radius 2 is 2.05 bits per heavy atom. The third-order valence-electron chi connectivity index (χ3n) is 4.17. The third-order valence-corrected chi connectivity index (χ3v) is 4.17. The molecule has 0 amide bonds. The Hall–Kier alpha value is -1.86. The zero-order valence-corrected chi connectivity index (χ0v) is 12.6. The number of methoxy groups -OCH3 is 1. The van der Waals surface area contributed by atoms with Crippen LogP contribution < -0.4 is 4.74 Å². The molecule has 1 aliphatic rings. The van der Waals surface area contributed by atoms with Crippen molar-refractivity contribution in [1.82, 2.24) is 0 Å². The van der Waals surface area contributed by atoms with Gasteiger partial charge in [0.1, 0.15) is 11.7 Å². The number of carbonyl (C=O) groups excluding carboxylic acids is 1. The van der Waals surface area contributed by atoms with Gasteiger partial charge in [-0.05, 0) is 43.9 Å². The molecule has 2 rings (SSSR count). The van der Waals surface area contributed by atoms with Crippen molar-refractivity contribution in [2.45, 2.75) is 44.1 Å². The molecule has 0 radical (unpaired) electrons. The predicted molar refractivity (Wildman–Crippen MR) is 79.2 cm³/mol. The summed E-state index contributed by atoms with van der Waals surface area (Å²) in [5, 5.41) is 9.34. The van der Waals surface area contributed by atoms with Gasteiger partial charge in [-0.3, -0.25) is 4.79 Å². The Kier molecular flexibility index (Phi) is 4.98. The number of rotatable bonds is 7. The summed E-state index contributed by atoms with van der Waals surface area (Å²) in [6.07, 6.45) is 3.20. The van der Waals surface area contributed by atoms with Crippen molar-refractivity contribution in [2.24, 2.45) is 0 Å². The summed E-state index contributed by atoms with van der Waals surface area (Å²) < 4.78 is 10.8. The average molecular weight is 287 g/mol. The highest BCUT2D eigenvalue weighted by atomic mass is 16.5. The highest BCUT2D eigenvalue weighted by Gasteiger charge is 2.40. The Morgan fingerprint density at radius 3 is 2.48 bits per heavy atom. The third kappa shape index (κ3) is 3.43. The standard InChI is InChI=1S/C17H21NO3/c1-3-21-14-7-5-13(6-8-14)15(12-18)16(19)11-17(20-2)9-4-10-17/h5-8,15H,3-4,9-11H2,1-2H3. The zero-order chi connectivity index (χ0) is 15.3. The van der Waals surface area contributed by atoms with Crippen LogP contribution in [0.2, 0.25) is 0 Å². The van der Waals surface area contributed by atoms with E-state index < -0.39 is 5.92 Å². The van der Waals surface area contributed by atoms with Crippen LogP contribution in [0.5, 0.6) is 5.75 Å². The second kappa shape index (κ2) is 6.73. The Labute approximate surface area is 125 Å². The molecule has 21 heavy (non-hydrogen) atoms. The number of nitrogens with zero attached hydrogens (tertiary/aromatic N) is 1. The number of ether oxygens (including phenoxy) is 2. The number of ketones is 1. The lowest BCUT2D eigenvalue weighted by atomic mass is 9.74. The lowest BCUT2D eigenvalue weighted by Crippen LogP contribution is -2.42. The molecule has 1 aromatic rings. The van der Waals surface area contributed by atoms with Gasteiger partial charge in [0.2, 0.25) is 0 Å². The van der Waals surface area contributed by atoms with Gasteiger partial charge in [0, 0.05) is 13.5 Å². The summed E-state index contributed by atoms with van der Waals surface area (Å²) in [5.74, 6) is -0.0470. The van der Waals surface area contributed by atoms with Crippen LogP contribution in [0, 0.1) is 11.3 Å². The Balaban J connectivity index is 2.08. The molecule has 1 aromatic carbocycles. The first-order valence-corrected chi connectivity index (χ1v) is 7.34. The summed E-state index contributed by atoms with van der Waals surface area (Å²) >= 11 is 0. The molecule has 4 nitrogen and oxygen atoms in total. The number of hydrogen-bond acceptors (Lipinski definition) is 4. The van der Waals surface area contributed by atoms with Gasteiger partial charge in [0.05, 0.1) is 18.3 Å².